The first-order valence-electron chi connectivity index (χ1n) is 21.8. The Morgan fingerprint density at radius 1 is 0.629 bits per heavy atom. The Labute approximate surface area is 374 Å². The Bertz CT molecular complexity index is 2160. The van der Waals surface area contributed by atoms with Crippen molar-refractivity contribution in [2.75, 3.05) is 80.5 Å². The Hall–Kier alpha value is -4.80. The molecule has 0 amide bonds. The second-order valence-corrected chi connectivity index (χ2v) is 17.6. The Morgan fingerprint density at radius 3 is 1.63 bits per heavy atom. The molecule has 4 aliphatic rings. The number of anilines is 4. The highest BCUT2D eigenvalue weighted by atomic mass is 35.5. The fourth-order valence-electron chi connectivity index (χ4n) is 8.18. The largest absolute Gasteiger partial charge is 0.381 e. The molecule has 6 N–H and O–H groups in total. The van der Waals surface area contributed by atoms with E-state index in [1.165, 1.54) is 0 Å². The van der Waals surface area contributed by atoms with Crippen LogP contribution in [0.15, 0.2) is 60.9 Å². The first-order chi connectivity index (χ1) is 30.2. The molecule has 16 heteroatoms. The van der Waals surface area contributed by atoms with Crippen LogP contribution < -0.4 is 27.0 Å². The molecule has 0 aromatic carbocycles. The highest BCUT2D eigenvalue weighted by Crippen LogP contribution is 2.34. The molecule has 0 spiro atoms. The minimum absolute atomic E-state index is 0.313. The van der Waals surface area contributed by atoms with E-state index < -0.39 is 10.8 Å². The zero-order chi connectivity index (χ0) is 43.2. The molecule has 3 saturated heterocycles. The first-order valence-corrected chi connectivity index (χ1v) is 22.6. The van der Waals surface area contributed by atoms with Gasteiger partial charge in [-0.3, -0.25) is 0 Å². The normalized spacial score (nSPS) is 20.9. The Morgan fingerprint density at radius 2 is 1.11 bits per heavy atom. The summed E-state index contributed by atoms with van der Waals surface area (Å²) in [5.41, 5.74) is 8.39. The van der Waals surface area contributed by atoms with Gasteiger partial charge in [-0.15, -0.1) is 0 Å². The number of nitriles is 2. The summed E-state index contributed by atoms with van der Waals surface area (Å²) >= 11 is 12.9. The lowest BCUT2D eigenvalue weighted by atomic mass is 9.82. The van der Waals surface area contributed by atoms with Crippen molar-refractivity contribution in [2.45, 2.75) is 76.3 Å². The van der Waals surface area contributed by atoms with E-state index in [0.29, 0.717) is 67.6 Å². The number of halogens is 2. The fourth-order valence-corrected chi connectivity index (χ4v) is 8.58. The third kappa shape index (κ3) is 12.4. The molecule has 4 fully saturated rings. The molecule has 0 atom stereocenters. The van der Waals surface area contributed by atoms with Crippen LogP contribution in [0.4, 0.5) is 23.3 Å². The van der Waals surface area contributed by atoms with Gasteiger partial charge in [0.25, 0.3) is 0 Å². The number of hydrogen-bond donors (Lipinski definition) is 5. The maximum absolute atomic E-state index is 9.66. The summed E-state index contributed by atoms with van der Waals surface area (Å²) in [4.78, 5) is 18.4. The fraction of sp³-hybridized carbons (Fsp3) is 0.522. The van der Waals surface area contributed by atoms with E-state index in [0.717, 1.165) is 130 Å². The Kier molecular flexibility index (Phi) is 16.1. The summed E-state index contributed by atoms with van der Waals surface area (Å²) in [6.07, 6.45) is 12.5. The van der Waals surface area contributed by atoms with Crippen molar-refractivity contribution in [3.05, 3.63) is 71.0 Å². The van der Waals surface area contributed by atoms with Gasteiger partial charge < -0.3 is 41.2 Å². The maximum Gasteiger partial charge on any atom is 0.126 e. The van der Waals surface area contributed by atoms with Gasteiger partial charge in [0.2, 0.25) is 0 Å². The van der Waals surface area contributed by atoms with E-state index in [9.17, 15) is 10.5 Å². The lowest BCUT2D eigenvalue weighted by molar-refractivity contribution is 0.0454. The second-order valence-electron chi connectivity index (χ2n) is 16.8. The first kappa shape index (κ1) is 45.2. The van der Waals surface area contributed by atoms with Gasteiger partial charge in [0.1, 0.15) is 23.3 Å². The monoisotopic (exact) mass is 881 g/mol. The van der Waals surface area contributed by atoms with Gasteiger partial charge in [-0.05, 0) is 107 Å². The smallest absolute Gasteiger partial charge is 0.126 e. The van der Waals surface area contributed by atoms with Crippen LogP contribution in [0.2, 0.25) is 10.0 Å². The molecule has 0 radical (unpaired) electrons. The molecule has 1 aliphatic carbocycles. The van der Waals surface area contributed by atoms with Crippen molar-refractivity contribution < 1.29 is 14.2 Å². The highest BCUT2D eigenvalue weighted by molar-refractivity contribution is 6.33. The summed E-state index contributed by atoms with van der Waals surface area (Å²) in [6.45, 7) is 6.11. The molecule has 0 unspecified atom stereocenters. The van der Waals surface area contributed by atoms with Crippen molar-refractivity contribution >= 4 is 46.5 Å². The van der Waals surface area contributed by atoms with Gasteiger partial charge in [0, 0.05) is 94.9 Å². The minimum atomic E-state index is -0.413. The van der Waals surface area contributed by atoms with Gasteiger partial charge >= 0.3 is 0 Å². The van der Waals surface area contributed by atoms with E-state index in [1.54, 1.807) is 12.4 Å². The molecule has 4 aromatic rings. The summed E-state index contributed by atoms with van der Waals surface area (Å²) < 4.78 is 16.3. The number of rotatable bonds is 13. The molecule has 4 aromatic heterocycles. The number of nitrogens with zero attached hydrogens (tertiary/aromatic N) is 6. The third-order valence-corrected chi connectivity index (χ3v) is 13.0. The molecule has 14 nitrogen and oxygen atoms in total. The van der Waals surface area contributed by atoms with E-state index in [-0.39, 0.29) is 0 Å². The predicted octanol–water partition coefficient (Wildman–Crippen LogP) is 8.58. The molecule has 8 rings (SSSR count). The van der Waals surface area contributed by atoms with Crippen LogP contribution in [0.1, 0.15) is 64.2 Å². The quantitative estimate of drug-likeness (QED) is 0.0855. The van der Waals surface area contributed by atoms with Crippen LogP contribution in [0.5, 0.6) is 0 Å². The van der Waals surface area contributed by atoms with Crippen molar-refractivity contribution in [3.63, 3.8) is 0 Å². The van der Waals surface area contributed by atoms with Crippen LogP contribution in [-0.2, 0) is 14.2 Å². The molecule has 328 valence electrons. The zero-order valence-electron chi connectivity index (χ0n) is 35.2. The summed E-state index contributed by atoms with van der Waals surface area (Å²) in [5.74, 6) is 3.63. The predicted molar refractivity (Wildman–Crippen MR) is 244 cm³/mol. The number of hydrogen-bond acceptors (Lipinski definition) is 14. The van der Waals surface area contributed by atoms with Crippen LogP contribution >= 0.6 is 23.2 Å². The van der Waals surface area contributed by atoms with Crippen molar-refractivity contribution in [3.8, 4) is 34.7 Å². The molecular formula is C46H57Cl2N11O3. The van der Waals surface area contributed by atoms with Crippen LogP contribution in [-0.4, -0.2) is 91.3 Å². The zero-order valence-corrected chi connectivity index (χ0v) is 36.7. The van der Waals surface area contributed by atoms with Crippen LogP contribution in [0.25, 0.3) is 22.5 Å². The van der Waals surface area contributed by atoms with Crippen LogP contribution in [0.3, 0.4) is 0 Å². The van der Waals surface area contributed by atoms with Gasteiger partial charge in [-0.25, -0.2) is 19.9 Å². The summed E-state index contributed by atoms with van der Waals surface area (Å²) in [6, 6.07) is 21.1. The number of ether oxygens (including phenoxy) is 3. The number of aromatic nitrogens is 4. The van der Waals surface area contributed by atoms with E-state index in [2.05, 4.69) is 43.4 Å². The second kappa shape index (κ2) is 22.0. The van der Waals surface area contributed by atoms with Crippen molar-refractivity contribution in [1.82, 2.24) is 19.9 Å². The van der Waals surface area contributed by atoms with E-state index in [4.69, 9.17) is 53.1 Å². The topological polar surface area (TPSA) is 201 Å². The summed E-state index contributed by atoms with van der Waals surface area (Å²) in [7, 11) is 0. The molecule has 0 bridgehead atoms. The summed E-state index contributed by atoms with van der Waals surface area (Å²) in [5, 5.41) is 34.1. The third-order valence-electron chi connectivity index (χ3n) is 12.4. The lowest BCUT2D eigenvalue weighted by Gasteiger charge is -2.30. The maximum atomic E-state index is 9.66. The number of pyridine rings is 4. The Balaban J connectivity index is 0.000000186. The average Bonchev–Trinajstić information content (AvgIpc) is 3.32. The average molecular weight is 883 g/mol. The van der Waals surface area contributed by atoms with E-state index in [1.807, 2.05) is 48.5 Å². The van der Waals surface area contributed by atoms with Gasteiger partial charge in [0.05, 0.1) is 44.4 Å². The molecule has 1 saturated carbocycles. The standard InChI is InChI=1S/C23H29ClN6O.C23H28ClN5O2/c24-19-13-27-22(29-17-6-4-16(26)5-7-17)12-18(19)20-2-1-3-21(30-20)28-15-23(14-25)8-10-31-11-9-23;24-19-14-27-22(26-13-17-4-8-30-9-5-17)12-18(19)20-2-1-3-21(29-20)28-16-23(15-25)6-10-31-11-7-23/h1-3,12-13,16-17H,4-11,15,26H2,(H,27,29)(H,28,30);1-3,12,14,17H,4-11,13,16H2,(H,26,27)(H,28,29)/t16-,17-;. The minimum Gasteiger partial charge on any atom is -0.381 e. The van der Waals surface area contributed by atoms with Gasteiger partial charge in [-0.1, -0.05) is 35.3 Å². The van der Waals surface area contributed by atoms with Crippen LogP contribution in [0, 0.1) is 39.4 Å². The van der Waals surface area contributed by atoms with E-state index >= 15 is 0 Å². The molecule has 7 heterocycles. The molecule has 3 aliphatic heterocycles. The van der Waals surface area contributed by atoms with Gasteiger partial charge in [0.15, 0.2) is 0 Å². The SMILES string of the molecule is N#CC1(CNc2cccc(-c3cc(NCC4CCOCC4)ncc3Cl)n2)CCOCC1.N#CC1(CNc2cccc(-c3cc(N[C@H]4CC[C@H](N)CC4)ncc3Cl)n2)CCOCC1. The van der Waals surface area contributed by atoms with Crippen molar-refractivity contribution in [1.29, 1.82) is 10.5 Å². The molecular weight excluding hydrogens is 825 g/mol. The molecule has 62 heavy (non-hydrogen) atoms. The number of nitrogens with one attached hydrogen (secondary N) is 4. The lowest BCUT2D eigenvalue weighted by Crippen LogP contribution is -2.34. The van der Waals surface area contributed by atoms with Gasteiger partial charge in [-0.2, -0.15) is 10.5 Å². The highest BCUT2D eigenvalue weighted by Gasteiger charge is 2.34. The number of nitrogens with two attached hydrogens (primary N) is 1. The van der Waals surface area contributed by atoms with Crippen molar-refractivity contribution in [2.24, 2.45) is 22.5 Å².